The zero-order chi connectivity index (χ0) is 22.1. The molecule has 32 heavy (non-hydrogen) atoms. The number of pyridine rings is 2. The van der Waals surface area contributed by atoms with Crippen LogP contribution in [0.2, 0.25) is 0 Å². The number of imidazole rings is 1. The molecule has 0 saturated carbocycles. The van der Waals surface area contributed by atoms with Gasteiger partial charge in [0.1, 0.15) is 11.4 Å². The van der Waals surface area contributed by atoms with Crippen LogP contribution in [-0.2, 0) is 6.54 Å². The summed E-state index contributed by atoms with van der Waals surface area (Å²) in [5.74, 6) is 0.860. The van der Waals surface area contributed by atoms with E-state index in [1.165, 1.54) is 0 Å². The molecule has 0 amide bonds. The summed E-state index contributed by atoms with van der Waals surface area (Å²) in [5, 5.41) is 0. The molecule has 4 heterocycles. The molecular formula is C26H29N5O. The summed E-state index contributed by atoms with van der Waals surface area (Å²) in [5.41, 5.74) is 6.55. The molecule has 5 rings (SSSR count). The van der Waals surface area contributed by atoms with Crippen LogP contribution in [0.15, 0.2) is 66.9 Å². The maximum absolute atomic E-state index is 5.31. The monoisotopic (exact) mass is 427 g/mol. The van der Waals surface area contributed by atoms with Crippen LogP contribution in [0.25, 0.3) is 16.9 Å². The van der Waals surface area contributed by atoms with Gasteiger partial charge in [0.15, 0.2) is 0 Å². The molecule has 6 nitrogen and oxygen atoms in total. The summed E-state index contributed by atoms with van der Waals surface area (Å²) in [4.78, 5) is 14.6. The number of likely N-dealkylation sites (N-methyl/N-ethyl adjacent to an activating group) is 1. The Kier molecular flexibility index (Phi) is 5.64. The third kappa shape index (κ3) is 4.11. The second-order valence-corrected chi connectivity index (χ2v) is 8.54. The largest absolute Gasteiger partial charge is 0.497 e. The van der Waals surface area contributed by atoms with Gasteiger partial charge in [0, 0.05) is 38.1 Å². The van der Waals surface area contributed by atoms with E-state index in [0.717, 1.165) is 65.9 Å². The van der Waals surface area contributed by atoms with Crippen LogP contribution < -0.4 is 4.74 Å². The number of hydrogen-bond donors (Lipinski definition) is 0. The number of methoxy groups -OCH3 is 1. The van der Waals surface area contributed by atoms with Crippen LogP contribution in [0, 0.1) is 6.92 Å². The molecule has 164 valence electrons. The average molecular weight is 428 g/mol. The van der Waals surface area contributed by atoms with Gasteiger partial charge < -0.3 is 4.74 Å². The number of rotatable bonds is 5. The Hall–Kier alpha value is -3.22. The van der Waals surface area contributed by atoms with Gasteiger partial charge in [-0.15, -0.1) is 0 Å². The van der Waals surface area contributed by atoms with Crippen LogP contribution in [0.4, 0.5) is 0 Å². The van der Waals surface area contributed by atoms with Gasteiger partial charge >= 0.3 is 0 Å². The van der Waals surface area contributed by atoms with Crippen molar-refractivity contribution < 1.29 is 4.74 Å². The predicted octanol–water partition coefficient (Wildman–Crippen LogP) is 4.20. The Morgan fingerprint density at radius 2 is 1.78 bits per heavy atom. The van der Waals surface area contributed by atoms with E-state index in [2.05, 4.69) is 69.9 Å². The van der Waals surface area contributed by atoms with E-state index < -0.39 is 0 Å². The van der Waals surface area contributed by atoms with E-state index in [9.17, 15) is 0 Å². The number of piperazine rings is 1. The highest BCUT2D eigenvalue weighted by Crippen LogP contribution is 2.28. The van der Waals surface area contributed by atoms with Gasteiger partial charge in [0.05, 0.1) is 30.2 Å². The minimum absolute atomic E-state index is 0.247. The Labute approximate surface area is 189 Å². The van der Waals surface area contributed by atoms with Crippen molar-refractivity contribution in [2.45, 2.75) is 19.5 Å². The molecule has 1 atom stereocenters. The van der Waals surface area contributed by atoms with Crippen molar-refractivity contribution in [2.75, 3.05) is 33.8 Å². The summed E-state index contributed by atoms with van der Waals surface area (Å²) in [6.07, 6.45) is 2.20. The zero-order valence-electron chi connectivity index (χ0n) is 18.9. The lowest BCUT2D eigenvalue weighted by Gasteiger charge is -2.38. The molecule has 3 aromatic heterocycles. The fourth-order valence-electron chi connectivity index (χ4n) is 4.50. The van der Waals surface area contributed by atoms with Crippen molar-refractivity contribution in [3.05, 3.63) is 83.9 Å². The molecule has 1 aliphatic rings. The first-order valence-corrected chi connectivity index (χ1v) is 11.1. The number of ether oxygens (including phenoxy) is 1. The van der Waals surface area contributed by atoms with Crippen molar-refractivity contribution in [1.82, 2.24) is 24.2 Å². The second-order valence-electron chi connectivity index (χ2n) is 8.54. The number of fused-ring (bicyclic) bond motifs is 1. The lowest BCUT2D eigenvalue weighted by atomic mass is 10.1. The molecular weight excluding hydrogens is 398 g/mol. The topological polar surface area (TPSA) is 45.9 Å². The predicted molar refractivity (Wildman–Crippen MR) is 127 cm³/mol. The van der Waals surface area contributed by atoms with Crippen molar-refractivity contribution in [3.8, 4) is 17.0 Å². The number of aryl methyl sites for hydroxylation is 1. The molecule has 1 aliphatic heterocycles. The van der Waals surface area contributed by atoms with Crippen LogP contribution >= 0.6 is 0 Å². The van der Waals surface area contributed by atoms with E-state index in [1.807, 2.05) is 25.1 Å². The molecule has 0 bridgehead atoms. The van der Waals surface area contributed by atoms with Gasteiger partial charge in [-0.3, -0.25) is 19.2 Å². The highest BCUT2D eigenvalue weighted by atomic mass is 16.5. The molecule has 6 heteroatoms. The van der Waals surface area contributed by atoms with E-state index in [-0.39, 0.29) is 6.04 Å². The zero-order valence-corrected chi connectivity index (χ0v) is 18.9. The van der Waals surface area contributed by atoms with Gasteiger partial charge in [0.2, 0.25) is 0 Å². The maximum atomic E-state index is 5.31. The Balaban J connectivity index is 1.42. The van der Waals surface area contributed by atoms with Crippen LogP contribution in [0.3, 0.4) is 0 Å². The van der Waals surface area contributed by atoms with Crippen LogP contribution in [0.1, 0.15) is 23.1 Å². The first-order valence-electron chi connectivity index (χ1n) is 11.1. The van der Waals surface area contributed by atoms with Gasteiger partial charge in [-0.1, -0.05) is 12.1 Å². The van der Waals surface area contributed by atoms with Gasteiger partial charge in [-0.2, -0.15) is 0 Å². The molecule has 1 aromatic carbocycles. The van der Waals surface area contributed by atoms with Gasteiger partial charge in [0.25, 0.3) is 0 Å². The Morgan fingerprint density at radius 1 is 0.969 bits per heavy atom. The minimum atomic E-state index is 0.247. The van der Waals surface area contributed by atoms with E-state index in [4.69, 9.17) is 14.7 Å². The van der Waals surface area contributed by atoms with Crippen LogP contribution in [-0.4, -0.2) is 58.0 Å². The number of aromatic nitrogens is 3. The summed E-state index contributed by atoms with van der Waals surface area (Å²) < 4.78 is 7.51. The summed E-state index contributed by atoms with van der Waals surface area (Å²) in [6, 6.07) is 21.0. The normalized spacial score (nSPS) is 17.7. The molecule has 1 unspecified atom stereocenters. The quantitative estimate of drug-likeness (QED) is 0.478. The smallest absolute Gasteiger partial charge is 0.137 e. The number of hydrogen-bond acceptors (Lipinski definition) is 5. The maximum Gasteiger partial charge on any atom is 0.137 e. The van der Waals surface area contributed by atoms with Gasteiger partial charge in [-0.25, -0.2) is 4.98 Å². The standard InChI is InChI=1S/C26H29N5O/c1-19-6-4-7-21(27-19)16-30-15-14-29(2)25(18-30)23-17-31-24(8-5-9-26(31)28-23)20-10-12-22(32-3)13-11-20/h4-13,17,25H,14-16,18H2,1-3H3. The highest BCUT2D eigenvalue weighted by Gasteiger charge is 2.28. The first kappa shape index (κ1) is 20.7. The molecule has 4 aromatic rings. The fourth-order valence-corrected chi connectivity index (χ4v) is 4.50. The fraction of sp³-hybridized carbons (Fsp3) is 0.308. The summed E-state index contributed by atoms with van der Waals surface area (Å²) in [7, 11) is 3.89. The summed E-state index contributed by atoms with van der Waals surface area (Å²) >= 11 is 0. The lowest BCUT2D eigenvalue weighted by molar-refractivity contribution is 0.0876. The molecule has 0 spiro atoms. The lowest BCUT2D eigenvalue weighted by Crippen LogP contribution is -2.46. The van der Waals surface area contributed by atoms with Gasteiger partial charge in [-0.05, 0) is 68.1 Å². The molecule has 1 saturated heterocycles. The Bertz CT molecular complexity index is 1220. The summed E-state index contributed by atoms with van der Waals surface area (Å²) in [6.45, 7) is 5.90. The first-order chi connectivity index (χ1) is 15.6. The van der Waals surface area contributed by atoms with Crippen molar-refractivity contribution in [1.29, 1.82) is 0 Å². The van der Waals surface area contributed by atoms with E-state index in [1.54, 1.807) is 7.11 Å². The van der Waals surface area contributed by atoms with E-state index >= 15 is 0 Å². The SMILES string of the molecule is COc1ccc(-c2cccc3nc(C4CN(Cc5cccc(C)n5)CCN4C)cn23)cc1. The number of benzene rings is 1. The third-order valence-corrected chi connectivity index (χ3v) is 6.30. The minimum Gasteiger partial charge on any atom is -0.497 e. The van der Waals surface area contributed by atoms with Crippen molar-refractivity contribution in [3.63, 3.8) is 0 Å². The molecule has 0 radical (unpaired) electrons. The van der Waals surface area contributed by atoms with Crippen molar-refractivity contribution in [2.24, 2.45) is 0 Å². The highest BCUT2D eigenvalue weighted by molar-refractivity contribution is 5.64. The molecule has 1 fully saturated rings. The number of nitrogens with zero attached hydrogens (tertiary/aromatic N) is 5. The van der Waals surface area contributed by atoms with Crippen LogP contribution in [0.5, 0.6) is 5.75 Å². The third-order valence-electron chi connectivity index (χ3n) is 6.30. The Morgan fingerprint density at radius 3 is 2.56 bits per heavy atom. The van der Waals surface area contributed by atoms with E-state index in [0.29, 0.717) is 0 Å². The second kappa shape index (κ2) is 8.73. The van der Waals surface area contributed by atoms with Crippen molar-refractivity contribution >= 4 is 5.65 Å². The average Bonchev–Trinajstić information content (AvgIpc) is 3.25. The molecule has 0 aliphatic carbocycles. The molecule has 0 N–H and O–H groups in total.